The van der Waals surface area contributed by atoms with Crippen LogP contribution in [0.15, 0.2) is 29.4 Å². The van der Waals surface area contributed by atoms with Gasteiger partial charge in [0, 0.05) is 22.0 Å². The van der Waals surface area contributed by atoms with Crippen LogP contribution < -0.4 is 5.32 Å². The Kier molecular flexibility index (Phi) is 4.35. The first-order valence-corrected chi connectivity index (χ1v) is 9.89. The number of nitrogens with zero attached hydrogens (tertiary/aromatic N) is 5. The maximum atomic E-state index is 12.6. The van der Waals surface area contributed by atoms with E-state index in [1.165, 1.54) is 11.8 Å². The second kappa shape index (κ2) is 6.54. The molecule has 2 aliphatic rings. The number of β-lactam (4-membered cyclic amide) rings is 1. The number of amides is 2. The van der Waals surface area contributed by atoms with Gasteiger partial charge in [0.15, 0.2) is 5.82 Å². The Morgan fingerprint density at radius 3 is 2.88 bits per heavy atom. The predicted octanol–water partition coefficient (Wildman–Crippen LogP) is 0.607. The molecule has 0 bridgehead atoms. The number of H-pyrrole nitrogens is 1. The monoisotopic (exact) mass is 391 g/mol. The third kappa shape index (κ3) is 2.94. The van der Waals surface area contributed by atoms with Crippen molar-refractivity contribution in [2.45, 2.75) is 40.9 Å². The third-order valence-corrected chi connectivity index (χ3v) is 6.97. The Morgan fingerprint density at radius 2 is 2.19 bits per heavy atom. The quantitative estimate of drug-likeness (QED) is 0.562. The number of carbonyl (C=O) groups excluding carboxylic acids is 2. The fourth-order valence-electron chi connectivity index (χ4n) is 3.25. The standard InChI is InChI=1S/C15H17N7O2S2/c1-15(2)11(12-18-20-21-19-12)22-13(24)10(14(22)26-15)17-9(23)7-25-8-3-5-16-6-4-8/h3-6,10-11,14H,7H2,1-2H3,(H,17,23)(H,18,19,20,21)/t10?,11?,14-/m1/s1. The van der Waals surface area contributed by atoms with Crippen LogP contribution >= 0.6 is 23.5 Å². The Morgan fingerprint density at radius 1 is 1.42 bits per heavy atom. The van der Waals surface area contributed by atoms with Gasteiger partial charge < -0.3 is 10.2 Å². The van der Waals surface area contributed by atoms with Crippen molar-refractivity contribution in [3.63, 3.8) is 0 Å². The van der Waals surface area contributed by atoms with Gasteiger partial charge in [-0.15, -0.1) is 33.7 Å². The third-order valence-electron chi connectivity index (χ3n) is 4.38. The Labute approximate surface area is 158 Å². The summed E-state index contributed by atoms with van der Waals surface area (Å²) in [6, 6.07) is 2.92. The molecule has 2 N–H and O–H groups in total. The molecule has 0 saturated carbocycles. The van der Waals surface area contributed by atoms with Gasteiger partial charge >= 0.3 is 0 Å². The molecule has 2 aliphatic heterocycles. The van der Waals surface area contributed by atoms with Gasteiger partial charge in [-0.2, -0.15) is 5.21 Å². The van der Waals surface area contributed by atoms with E-state index in [9.17, 15) is 9.59 Å². The number of aromatic nitrogens is 5. The minimum Gasteiger partial charge on any atom is -0.341 e. The van der Waals surface area contributed by atoms with E-state index in [0.717, 1.165) is 4.90 Å². The summed E-state index contributed by atoms with van der Waals surface area (Å²) in [5.74, 6) is 0.482. The van der Waals surface area contributed by atoms with Crippen LogP contribution in [0.5, 0.6) is 0 Å². The van der Waals surface area contributed by atoms with E-state index in [-0.39, 0.29) is 33.7 Å². The van der Waals surface area contributed by atoms with Crippen LogP contribution in [-0.2, 0) is 9.59 Å². The first-order chi connectivity index (χ1) is 12.5. The first kappa shape index (κ1) is 17.3. The Hall–Kier alpha value is -2.14. The molecule has 4 rings (SSSR count). The van der Waals surface area contributed by atoms with E-state index in [2.05, 4.69) is 30.9 Å². The average molecular weight is 391 g/mol. The highest BCUT2D eigenvalue weighted by Crippen LogP contribution is 2.56. The zero-order valence-corrected chi connectivity index (χ0v) is 15.8. The minimum absolute atomic E-state index is 0.106. The van der Waals surface area contributed by atoms with Crippen molar-refractivity contribution in [2.24, 2.45) is 0 Å². The van der Waals surface area contributed by atoms with Gasteiger partial charge in [-0.25, -0.2) is 0 Å². The van der Waals surface area contributed by atoms with Crippen molar-refractivity contribution in [1.82, 2.24) is 35.8 Å². The zero-order chi connectivity index (χ0) is 18.3. The summed E-state index contributed by atoms with van der Waals surface area (Å²) in [6.45, 7) is 4.09. The second-order valence-electron chi connectivity index (χ2n) is 6.55. The summed E-state index contributed by atoms with van der Waals surface area (Å²) in [6.07, 6.45) is 3.37. The normalized spacial score (nSPS) is 26.3. The number of thioether (sulfide) groups is 2. The summed E-state index contributed by atoms with van der Waals surface area (Å²) in [7, 11) is 0. The van der Waals surface area contributed by atoms with Crippen molar-refractivity contribution in [1.29, 1.82) is 0 Å². The van der Waals surface area contributed by atoms with Crippen LogP contribution in [0.25, 0.3) is 0 Å². The molecule has 26 heavy (non-hydrogen) atoms. The molecule has 0 aliphatic carbocycles. The SMILES string of the molecule is CC1(C)S[C@@H]2C(NC(=O)CSc3ccncc3)C(=O)N2C1c1nn[nH]n1. The lowest BCUT2D eigenvalue weighted by molar-refractivity contribution is -0.151. The molecule has 2 aromatic rings. The number of tetrazole rings is 1. The molecule has 4 heterocycles. The molecule has 9 nitrogen and oxygen atoms in total. The maximum Gasteiger partial charge on any atom is 0.249 e. The second-order valence-corrected chi connectivity index (χ2v) is 9.37. The van der Waals surface area contributed by atoms with Gasteiger partial charge in [0.25, 0.3) is 0 Å². The number of nitrogens with one attached hydrogen (secondary N) is 2. The largest absolute Gasteiger partial charge is 0.341 e. The van der Waals surface area contributed by atoms with E-state index in [0.29, 0.717) is 5.82 Å². The van der Waals surface area contributed by atoms with E-state index < -0.39 is 6.04 Å². The molecular weight excluding hydrogens is 374 g/mol. The van der Waals surface area contributed by atoms with E-state index >= 15 is 0 Å². The van der Waals surface area contributed by atoms with Crippen molar-refractivity contribution < 1.29 is 9.59 Å². The maximum absolute atomic E-state index is 12.6. The molecule has 3 atom stereocenters. The van der Waals surface area contributed by atoms with Crippen LogP contribution in [0.3, 0.4) is 0 Å². The van der Waals surface area contributed by atoms with E-state index in [1.54, 1.807) is 29.1 Å². The van der Waals surface area contributed by atoms with Gasteiger partial charge in [-0.3, -0.25) is 14.6 Å². The lowest BCUT2D eigenvalue weighted by Crippen LogP contribution is -2.68. The molecular formula is C15H17N7O2S2. The molecule has 0 spiro atoms. The molecule has 2 unspecified atom stereocenters. The zero-order valence-electron chi connectivity index (χ0n) is 14.1. The number of hydrogen-bond acceptors (Lipinski definition) is 8. The molecule has 2 amide bonds. The molecule has 2 aromatic heterocycles. The minimum atomic E-state index is -0.512. The van der Waals surface area contributed by atoms with Gasteiger partial charge in [-0.05, 0) is 26.0 Å². The summed E-state index contributed by atoms with van der Waals surface area (Å²) in [5.41, 5.74) is 0. The van der Waals surface area contributed by atoms with Gasteiger partial charge in [0.2, 0.25) is 11.8 Å². The Bertz CT molecular complexity index is 815. The Balaban J connectivity index is 1.40. The van der Waals surface area contributed by atoms with Crippen molar-refractivity contribution in [3.05, 3.63) is 30.4 Å². The van der Waals surface area contributed by atoms with Crippen LogP contribution in [0.1, 0.15) is 25.7 Å². The number of carbonyl (C=O) groups is 2. The van der Waals surface area contributed by atoms with Crippen LogP contribution in [0, 0.1) is 0 Å². The highest BCUT2D eigenvalue weighted by Gasteiger charge is 2.63. The van der Waals surface area contributed by atoms with Crippen molar-refractivity contribution >= 4 is 35.3 Å². The number of rotatable bonds is 5. The smallest absolute Gasteiger partial charge is 0.249 e. The number of pyridine rings is 1. The number of aromatic amines is 1. The summed E-state index contributed by atoms with van der Waals surface area (Å²) in [5, 5.41) is 16.9. The lowest BCUT2D eigenvalue weighted by Gasteiger charge is -2.44. The molecule has 0 radical (unpaired) electrons. The molecule has 2 saturated heterocycles. The van der Waals surface area contributed by atoms with Crippen molar-refractivity contribution in [2.75, 3.05) is 5.75 Å². The van der Waals surface area contributed by atoms with Gasteiger partial charge in [-0.1, -0.05) is 5.21 Å². The molecule has 136 valence electrons. The summed E-state index contributed by atoms with van der Waals surface area (Å²) >= 11 is 3.06. The fourth-order valence-corrected chi connectivity index (χ4v) is 5.57. The average Bonchev–Trinajstić information content (AvgIpc) is 3.23. The lowest BCUT2D eigenvalue weighted by atomic mass is 9.95. The highest BCUT2D eigenvalue weighted by molar-refractivity contribution is 8.01. The van der Waals surface area contributed by atoms with Crippen LogP contribution in [0.4, 0.5) is 0 Å². The summed E-state index contributed by atoms with van der Waals surface area (Å²) < 4.78 is -0.268. The first-order valence-electron chi connectivity index (χ1n) is 8.03. The fraction of sp³-hybridized carbons (Fsp3) is 0.467. The van der Waals surface area contributed by atoms with Gasteiger partial charge in [0.1, 0.15) is 17.5 Å². The molecule has 2 fully saturated rings. The molecule has 11 heteroatoms. The predicted molar refractivity (Wildman–Crippen MR) is 96.1 cm³/mol. The van der Waals surface area contributed by atoms with Crippen molar-refractivity contribution in [3.8, 4) is 0 Å². The summed E-state index contributed by atoms with van der Waals surface area (Å²) in [4.78, 5) is 31.6. The number of hydrogen-bond donors (Lipinski definition) is 2. The van der Waals surface area contributed by atoms with Crippen LogP contribution in [0.2, 0.25) is 0 Å². The topological polar surface area (TPSA) is 117 Å². The highest BCUT2D eigenvalue weighted by atomic mass is 32.2. The van der Waals surface area contributed by atoms with E-state index in [4.69, 9.17) is 0 Å². The van der Waals surface area contributed by atoms with Gasteiger partial charge in [0.05, 0.1) is 5.75 Å². The van der Waals surface area contributed by atoms with E-state index in [1.807, 2.05) is 26.0 Å². The van der Waals surface area contributed by atoms with Crippen LogP contribution in [-0.4, -0.2) is 64.2 Å². The number of fused-ring (bicyclic) bond motifs is 1. The molecule has 0 aromatic carbocycles.